The lowest BCUT2D eigenvalue weighted by molar-refractivity contribution is 0.102. The van der Waals surface area contributed by atoms with E-state index in [1.807, 2.05) is 48.5 Å². The second-order valence-electron chi connectivity index (χ2n) is 4.04. The van der Waals surface area contributed by atoms with E-state index in [1.165, 1.54) is 11.9 Å². The van der Waals surface area contributed by atoms with Gasteiger partial charge in [-0.25, -0.2) is 0 Å². The molecule has 0 aliphatic heterocycles. The lowest BCUT2D eigenvalue weighted by Gasteiger charge is -2.07. The maximum absolute atomic E-state index is 11.5. The van der Waals surface area contributed by atoms with Crippen LogP contribution < -0.4 is 9.46 Å². The van der Waals surface area contributed by atoms with Crippen molar-refractivity contribution in [3.8, 4) is 5.75 Å². The zero-order chi connectivity index (χ0) is 14.4. The summed E-state index contributed by atoms with van der Waals surface area (Å²) in [7, 11) is 1.64. The molecule has 0 aliphatic carbocycles. The number of Topliss-reactive ketones (excluding diaryl/α,β-unsaturated/α-hetero) is 1. The van der Waals surface area contributed by atoms with Crippen LogP contribution in [-0.2, 0) is 0 Å². The van der Waals surface area contributed by atoms with Gasteiger partial charge in [-0.05, 0) is 48.3 Å². The Balaban J connectivity index is 1.94. The first-order valence-electron chi connectivity index (χ1n) is 6.04. The van der Waals surface area contributed by atoms with Gasteiger partial charge in [-0.15, -0.1) is 0 Å². The Morgan fingerprint density at radius 1 is 1.15 bits per heavy atom. The molecule has 0 saturated carbocycles. The monoisotopic (exact) mass is 305 g/mol. The highest BCUT2D eigenvalue weighted by molar-refractivity contribution is 8.00. The van der Waals surface area contributed by atoms with Gasteiger partial charge in [0.25, 0.3) is 0 Å². The molecule has 0 saturated heterocycles. The van der Waals surface area contributed by atoms with Gasteiger partial charge in [0.1, 0.15) is 5.75 Å². The molecule has 0 unspecified atom stereocenters. The summed E-state index contributed by atoms with van der Waals surface area (Å²) in [5.41, 5.74) is 1.68. The number of hydrogen-bond donors (Lipinski definition) is 2. The summed E-state index contributed by atoms with van der Waals surface area (Å²) >= 11 is 5.47. The summed E-state index contributed by atoms with van der Waals surface area (Å²) in [6, 6.07) is 15.2. The normalized spacial score (nSPS) is 10.1. The van der Waals surface area contributed by atoms with Crippen LogP contribution in [0, 0.1) is 0 Å². The lowest BCUT2D eigenvalue weighted by atomic mass is 10.1. The van der Waals surface area contributed by atoms with Gasteiger partial charge in [-0.3, -0.25) is 4.79 Å². The predicted octanol–water partition coefficient (Wildman–Crippen LogP) is 3.93. The fourth-order valence-corrected chi connectivity index (χ4v) is 2.40. The molecule has 0 aliphatic rings. The van der Waals surface area contributed by atoms with Crippen molar-refractivity contribution in [2.24, 2.45) is 0 Å². The summed E-state index contributed by atoms with van der Waals surface area (Å²) in [6.07, 6.45) is 0. The number of rotatable bonds is 6. The van der Waals surface area contributed by atoms with Crippen molar-refractivity contribution >= 4 is 36.0 Å². The Morgan fingerprint density at radius 2 is 1.80 bits per heavy atom. The number of anilines is 1. The molecule has 104 valence electrons. The van der Waals surface area contributed by atoms with E-state index in [1.54, 1.807) is 7.11 Å². The van der Waals surface area contributed by atoms with E-state index in [0.717, 1.165) is 16.3 Å². The molecule has 0 bridgehead atoms. The van der Waals surface area contributed by atoms with E-state index in [4.69, 9.17) is 4.74 Å². The zero-order valence-corrected chi connectivity index (χ0v) is 12.7. The predicted molar refractivity (Wildman–Crippen MR) is 87.1 cm³/mol. The number of ketones is 1. The molecule has 0 amide bonds. The number of methoxy groups -OCH3 is 1. The van der Waals surface area contributed by atoms with Crippen LogP contribution in [0.15, 0.2) is 53.4 Å². The Morgan fingerprint density at radius 3 is 2.35 bits per heavy atom. The summed E-state index contributed by atoms with van der Waals surface area (Å²) in [4.78, 5) is 12.5. The standard InChI is InChI=1S/C15H15NO2S2/c1-18-13-6-4-12(5-7-13)16-20-14-8-2-11(3-9-14)15(17)10-19/h2-9,16,19H,10H2,1H3. The molecule has 3 nitrogen and oxygen atoms in total. The van der Waals surface area contributed by atoms with Gasteiger partial charge < -0.3 is 9.46 Å². The van der Waals surface area contributed by atoms with Crippen molar-refractivity contribution < 1.29 is 9.53 Å². The van der Waals surface area contributed by atoms with Gasteiger partial charge in [-0.1, -0.05) is 12.1 Å². The Hall–Kier alpha value is -1.59. The average Bonchev–Trinajstić information content (AvgIpc) is 2.53. The molecule has 0 atom stereocenters. The maximum Gasteiger partial charge on any atom is 0.172 e. The van der Waals surface area contributed by atoms with Crippen LogP contribution in [0.25, 0.3) is 0 Å². The third kappa shape index (κ3) is 3.95. The fraction of sp³-hybridized carbons (Fsp3) is 0.133. The number of thiol groups is 1. The lowest BCUT2D eigenvalue weighted by Crippen LogP contribution is -1.99. The van der Waals surface area contributed by atoms with Crippen LogP contribution in [0.5, 0.6) is 5.75 Å². The Labute approximate surface area is 128 Å². The van der Waals surface area contributed by atoms with Gasteiger partial charge in [0.05, 0.1) is 12.9 Å². The van der Waals surface area contributed by atoms with Crippen molar-refractivity contribution in [1.29, 1.82) is 0 Å². The largest absolute Gasteiger partial charge is 0.497 e. The number of benzene rings is 2. The first-order valence-corrected chi connectivity index (χ1v) is 7.49. The summed E-state index contributed by atoms with van der Waals surface area (Å²) < 4.78 is 8.34. The highest BCUT2D eigenvalue weighted by atomic mass is 32.2. The molecule has 1 N–H and O–H groups in total. The molecule has 0 spiro atoms. The third-order valence-electron chi connectivity index (χ3n) is 2.70. The van der Waals surface area contributed by atoms with E-state index in [-0.39, 0.29) is 11.5 Å². The second-order valence-corrected chi connectivity index (χ2v) is 5.23. The van der Waals surface area contributed by atoms with Crippen molar-refractivity contribution in [3.63, 3.8) is 0 Å². The molecule has 2 aromatic carbocycles. The smallest absolute Gasteiger partial charge is 0.172 e. The third-order valence-corrected chi connectivity index (χ3v) is 3.83. The van der Waals surface area contributed by atoms with E-state index >= 15 is 0 Å². The summed E-state index contributed by atoms with van der Waals surface area (Å²) in [6.45, 7) is 0. The number of carbonyl (C=O) groups is 1. The summed E-state index contributed by atoms with van der Waals surface area (Å²) in [5, 5.41) is 0. The second kappa shape index (κ2) is 7.26. The molecular weight excluding hydrogens is 290 g/mol. The molecule has 5 heteroatoms. The quantitative estimate of drug-likeness (QED) is 0.482. The number of carbonyl (C=O) groups excluding carboxylic acids is 1. The fourth-order valence-electron chi connectivity index (χ4n) is 1.58. The minimum atomic E-state index is 0.0352. The number of ether oxygens (including phenoxy) is 1. The Kier molecular flexibility index (Phi) is 5.38. The van der Waals surface area contributed by atoms with Gasteiger partial charge in [0.2, 0.25) is 0 Å². The van der Waals surface area contributed by atoms with E-state index in [9.17, 15) is 4.79 Å². The van der Waals surface area contributed by atoms with Crippen LogP contribution in [0.1, 0.15) is 10.4 Å². The van der Waals surface area contributed by atoms with Crippen molar-refractivity contribution in [2.45, 2.75) is 4.90 Å². The van der Waals surface area contributed by atoms with Crippen LogP contribution in [0.2, 0.25) is 0 Å². The summed E-state index contributed by atoms with van der Waals surface area (Å²) in [5.74, 6) is 1.10. The molecule has 2 aromatic rings. The minimum absolute atomic E-state index is 0.0352. The number of nitrogens with one attached hydrogen (secondary N) is 1. The zero-order valence-electron chi connectivity index (χ0n) is 11.0. The average molecular weight is 305 g/mol. The van der Waals surface area contributed by atoms with Crippen LogP contribution in [0.4, 0.5) is 5.69 Å². The van der Waals surface area contributed by atoms with Gasteiger partial charge in [0.15, 0.2) is 5.78 Å². The van der Waals surface area contributed by atoms with Crippen LogP contribution in [0.3, 0.4) is 0 Å². The van der Waals surface area contributed by atoms with Gasteiger partial charge in [-0.2, -0.15) is 12.6 Å². The highest BCUT2D eigenvalue weighted by Gasteiger charge is 2.03. The van der Waals surface area contributed by atoms with Crippen LogP contribution >= 0.6 is 24.6 Å². The van der Waals surface area contributed by atoms with E-state index in [0.29, 0.717) is 5.56 Å². The van der Waals surface area contributed by atoms with E-state index < -0.39 is 0 Å². The molecule has 20 heavy (non-hydrogen) atoms. The maximum atomic E-state index is 11.5. The Bertz CT molecular complexity index is 567. The van der Waals surface area contributed by atoms with E-state index in [2.05, 4.69) is 17.4 Å². The van der Waals surface area contributed by atoms with Crippen molar-refractivity contribution in [3.05, 3.63) is 54.1 Å². The molecule has 0 radical (unpaired) electrons. The van der Waals surface area contributed by atoms with Gasteiger partial charge in [0, 0.05) is 16.1 Å². The molecular formula is C15H15NO2S2. The first kappa shape index (κ1) is 14.8. The van der Waals surface area contributed by atoms with Crippen LogP contribution in [-0.4, -0.2) is 18.6 Å². The van der Waals surface area contributed by atoms with Crippen molar-refractivity contribution in [1.82, 2.24) is 0 Å². The SMILES string of the molecule is COc1ccc(NSc2ccc(C(=O)CS)cc2)cc1. The molecule has 0 fully saturated rings. The molecule has 2 rings (SSSR count). The highest BCUT2D eigenvalue weighted by Crippen LogP contribution is 2.23. The first-order chi connectivity index (χ1) is 9.72. The number of hydrogen-bond acceptors (Lipinski definition) is 5. The van der Waals surface area contributed by atoms with Gasteiger partial charge >= 0.3 is 0 Å². The molecule has 0 aromatic heterocycles. The minimum Gasteiger partial charge on any atom is -0.497 e. The van der Waals surface area contributed by atoms with Crippen molar-refractivity contribution in [2.75, 3.05) is 17.6 Å². The topological polar surface area (TPSA) is 38.3 Å². The molecule has 0 heterocycles.